The fourth-order valence-corrected chi connectivity index (χ4v) is 13.8. The molecule has 2 N–H and O–H groups in total. The molecule has 0 bridgehead atoms. The Morgan fingerprint density at radius 2 is 1.21 bits per heavy atom. The number of rotatable bonds is 10. The molecule has 2 atom stereocenters. The maximum atomic E-state index is 14.0. The van der Waals surface area contributed by atoms with E-state index in [0.717, 1.165) is 6.16 Å². The van der Waals surface area contributed by atoms with Gasteiger partial charge in [-0.05, 0) is 0 Å². The first-order valence-corrected chi connectivity index (χ1v) is 19.3. The zero-order valence-electron chi connectivity index (χ0n) is 26.4. The Kier molecular flexibility index (Phi) is 10.7. The van der Waals surface area contributed by atoms with Crippen molar-refractivity contribution in [1.82, 2.24) is 10.6 Å². The van der Waals surface area contributed by atoms with E-state index in [4.69, 9.17) is 4.74 Å². The van der Waals surface area contributed by atoms with Crippen LogP contribution in [0.4, 0.5) is 4.79 Å². The quantitative estimate of drug-likeness (QED) is 0.219. The van der Waals surface area contributed by atoms with Gasteiger partial charge >= 0.3 is 262 Å². The summed E-state index contributed by atoms with van der Waals surface area (Å²) in [5.41, 5.74) is 0.0258. The minimum atomic E-state index is -3.16. The van der Waals surface area contributed by atoms with E-state index in [1.165, 1.54) is 16.2 Å². The SMILES string of the molecule is CC(C)[C@@H](CP(Br)(Cc1ccccc1)(c1ccccc1)c1ccccc1)NC(=O)C(NC(=O)OC(C)(C)C)C(C)(C)C. The van der Waals surface area contributed by atoms with Crippen LogP contribution in [0.25, 0.3) is 0 Å². The molecule has 0 heterocycles. The van der Waals surface area contributed by atoms with Gasteiger partial charge in [0.05, 0.1) is 0 Å². The molecule has 0 aliphatic carbocycles. The second-order valence-electron chi connectivity index (χ2n) is 13.7. The third-order valence-electron chi connectivity index (χ3n) is 7.55. The Morgan fingerprint density at radius 3 is 1.62 bits per heavy atom. The van der Waals surface area contributed by atoms with Crippen molar-refractivity contribution < 1.29 is 14.3 Å². The van der Waals surface area contributed by atoms with Crippen molar-refractivity contribution in [3.63, 3.8) is 0 Å². The molecule has 3 aromatic rings. The summed E-state index contributed by atoms with van der Waals surface area (Å²) in [5.74, 6) is -0.0937. The molecule has 0 spiro atoms. The second kappa shape index (κ2) is 13.3. The van der Waals surface area contributed by atoms with Gasteiger partial charge in [-0.1, -0.05) is 0 Å². The third-order valence-corrected chi connectivity index (χ3v) is 16.8. The van der Waals surface area contributed by atoms with Gasteiger partial charge < -0.3 is 0 Å². The summed E-state index contributed by atoms with van der Waals surface area (Å²) in [4.78, 5) is 26.8. The summed E-state index contributed by atoms with van der Waals surface area (Å²) in [5, 5.41) is 5.55. The van der Waals surface area contributed by atoms with Gasteiger partial charge in [0, 0.05) is 0 Å². The molecule has 0 radical (unpaired) electrons. The summed E-state index contributed by atoms with van der Waals surface area (Å²) in [6.07, 6.45) is 0.885. The van der Waals surface area contributed by atoms with Crippen molar-refractivity contribution in [2.75, 3.05) is 6.16 Å². The average Bonchev–Trinajstić information content (AvgIpc) is 2.91. The number of halogens is 1. The van der Waals surface area contributed by atoms with Crippen molar-refractivity contribution in [1.29, 1.82) is 0 Å². The molecule has 5 nitrogen and oxygen atoms in total. The van der Waals surface area contributed by atoms with Gasteiger partial charge in [0.15, 0.2) is 0 Å². The molecular weight excluding hydrogens is 607 g/mol. The zero-order chi connectivity index (χ0) is 31.2. The van der Waals surface area contributed by atoms with Crippen LogP contribution in [0, 0.1) is 11.3 Å². The molecule has 42 heavy (non-hydrogen) atoms. The van der Waals surface area contributed by atoms with E-state index >= 15 is 0 Å². The average molecular weight is 656 g/mol. The van der Waals surface area contributed by atoms with Crippen LogP contribution in [0.2, 0.25) is 0 Å². The van der Waals surface area contributed by atoms with Crippen LogP contribution in [0.1, 0.15) is 61.0 Å². The molecule has 7 heteroatoms. The van der Waals surface area contributed by atoms with Crippen LogP contribution < -0.4 is 21.2 Å². The van der Waals surface area contributed by atoms with Crippen LogP contribution in [-0.2, 0) is 15.7 Å². The normalized spacial score (nSPS) is 14.8. The molecular formula is C35H48BrN2O3P. The van der Waals surface area contributed by atoms with Crippen LogP contribution in [-0.4, -0.2) is 35.8 Å². The predicted octanol–water partition coefficient (Wildman–Crippen LogP) is 7.78. The van der Waals surface area contributed by atoms with Gasteiger partial charge in [0.2, 0.25) is 0 Å². The van der Waals surface area contributed by atoms with Crippen LogP contribution in [0.5, 0.6) is 0 Å². The van der Waals surface area contributed by atoms with E-state index in [0.29, 0.717) is 6.16 Å². The van der Waals surface area contributed by atoms with Crippen molar-refractivity contribution >= 4 is 43.4 Å². The van der Waals surface area contributed by atoms with Crippen molar-refractivity contribution in [3.05, 3.63) is 96.6 Å². The number of alkyl carbamates (subject to hydrolysis) is 1. The molecule has 0 fully saturated rings. The summed E-state index contributed by atoms with van der Waals surface area (Å²) in [7, 11) is 0. The van der Waals surface area contributed by atoms with Gasteiger partial charge in [0.1, 0.15) is 0 Å². The zero-order valence-corrected chi connectivity index (χ0v) is 28.8. The van der Waals surface area contributed by atoms with Crippen LogP contribution in [0.3, 0.4) is 0 Å². The third kappa shape index (κ3) is 8.45. The maximum absolute atomic E-state index is 14.0. The number of nitrogens with one attached hydrogen (secondary N) is 2. The summed E-state index contributed by atoms with van der Waals surface area (Å²) >= 11 is 4.54. The van der Waals surface area contributed by atoms with E-state index in [9.17, 15) is 9.59 Å². The molecule has 228 valence electrons. The van der Waals surface area contributed by atoms with Gasteiger partial charge in [-0.25, -0.2) is 0 Å². The van der Waals surface area contributed by atoms with Gasteiger partial charge in [-0.3, -0.25) is 0 Å². The van der Waals surface area contributed by atoms with Gasteiger partial charge in [-0.15, -0.1) is 0 Å². The Bertz CT molecular complexity index is 1280. The first kappa shape index (κ1) is 33.8. The van der Waals surface area contributed by atoms with Crippen molar-refractivity contribution in [2.45, 2.75) is 79.2 Å². The summed E-state index contributed by atoms with van der Waals surface area (Å²) in [6, 6.07) is 30.9. The number of amides is 2. The summed E-state index contributed by atoms with van der Waals surface area (Å²) < 4.78 is 5.51. The van der Waals surface area contributed by atoms with Gasteiger partial charge in [-0.2, -0.15) is 0 Å². The number of hydrogen-bond acceptors (Lipinski definition) is 3. The van der Waals surface area contributed by atoms with E-state index in [2.05, 4.69) is 113 Å². The first-order valence-electron chi connectivity index (χ1n) is 14.7. The topological polar surface area (TPSA) is 67.4 Å². The Balaban J connectivity index is 2.10. The first-order chi connectivity index (χ1) is 19.5. The number of carbonyl (C=O) groups excluding carboxylic acids is 2. The Hall–Kier alpha value is -2.69. The van der Waals surface area contributed by atoms with Crippen molar-refractivity contribution in [2.24, 2.45) is 11.3 Å². The second-order valence-corrected chi connectivity index (χ2v) is 23.3. The fourth-order valence-electron chi connectivity index (χ4n) is 5.31. The molecule has 0 aliphatic rings. The molecule has 0 saturated heterocycles. The molecule has 0 aliphatic heterocycles. The standard InChI is InChI=1S/C35H48BrN2O3P/c1-26(2)30(37-32(39)31(34(3,4)5)38-33(40)41-35(6,7)8)25-42(36,28-20-14-10-15-21-28,29-22-16-11-17-23-29)24-27-18-12-9-13-19-27/h9-23,26,30-31H,24-25H2,1-8H3,(H,37,39)(H,38,40)/t30-,31?/m1/s1. The summed E-state index contributed by atoms with van der Waals surface area (Å²) in [6.45, 7) is 15.6. The Morgan fingerprint density at radius 1 is 0.762 bits per heavy atom. The number of ether oxygens (including phenoxy) is 1. The molecule has 0 aromatic heterocycles. The number of carbonyl (C=O) groups is 2. The predicted molar refractivity (Wildman–Crippen MR) is 182 cm³/mol. The molecule has 3 aromatic carbocycles. The molecule has 3 rings (SSSR count). The fraction of sp³-hybridized carbons (Fsp3) is 0.429. The van der Waals surface area contributed by atoms with Gasteiger partial charge in [0.25, 0.3) is 0 Å². The monoisotopic (exact) mass is 654 g/mol. The van der Waals surface area contributed by atoms with Crippen LogP contribution >= 0.6 is 20.8 Å². The van der Waals surface area contributed by atoms with E-state index in [1.54, 1.807) is 0 Å². The molecule has 0 saturated carbocycles. The minimum absolute atomic E-state index is 0.123. The van der Waals surface area contributed by atoms with E-state index < -0.39 is 28.5 Å². The van der Waals surface area contributed by atoms with Crippen molar-refractivity contribution in [3.8, 4) is 0 Å². The van der Waals surface area contributed by atoms with E-state index in [-0.39, 0.29) is 17.9 Å². The Labute approximate surface area is 260 Å². The van der Waals surface area contributed by atoms with Crippen LogP contribution in [0.15, 0.2) is 91.0 Å². The number of benzene rings is 3. The molecule has 1 unspecified atom stereocenters. The molecule has 2 amide bonds. The van der Waals surface area contributed by atoms with E-state index in [1.807, 2.05) is 59.7 Å². The number of hydrogen-bond donors (Lipinski definition) is 2.